The number of allylic oxidation sites excluding steroid dienone is 1. The van der Waals surface area contributed by atoms with Gasteiger partial charge >= 0.3 is 0 Å². The zero-order valence-corrected chi connectivity index (χ0v) is 24.9. The van der Waals surface area contributed by atoms with E-state index in [1.54, 1.807) is 49.3 Å². The molecule has 2 saturated heterocycles. The summed E-state index contributed by atoms with van der Waals surface area (Å²) in [5, 5.41) is 10.4. The Bertz CT molecular complexity index is 1620. The molecule has 2 fully saturated rings. The number of ether oxygens (including phenoxy) is 1. The number of hydrogen-bond acceptors (Lipinski definition) is 8. The molecule has 0 unspecified atom stereocenters. The highest BCUT2D eigenvalue weighted by atomic mass is 32.2. The maximum Gasteiger partial charge on any atom is 0.268 e. The summed E-state index contributed by atoms with van der Waals surface area (Å²) in [6.45, 7) is 9.10. The average molecular weight is 576 g/mol. The minimum Gasteiger partial charge on any atom is -0.382 e. The van der Waals surface area contributed by atoms with Crippen molar-refractivity contribution in [2.75, 3.05) is 58.4 Å². The quantitative estimate of drug-likeness (QED) is 0.237. The first-order valence-corrected chi connectivity index (χ1v) is 15.4. The van der Waals surface area contributed by atoms with Crippen LogP contribution < -0.4 is 4.90 Å². The molecule has 5 rings (SSSR count). The summed E-state index contributed by atoms with van der Waals surface area (Å²) in [5.74, 6) is -0.640. The number of fused-ring (bicyclic) bond motifs is 1. The van der Waals surface area contributed by atoms with Crippen molar-refractivity contribution in [3.63, 3.8) is 0 Å². The topological polar surface area (TPSA) is 98.9 Å². The number of hydrogen-bond donors (Lipinski definition) is 0. The second kappa shape index (κ2) is 11.7. The molecule has 41 heavy (non-hydrogen) atoms. The average Bonchev–Trinajstić information content (AvgIpc) is 3.35. The van der Waals surface area contributed by atoms with Crippen LogP contribution in [0.3, 0.4) is 0 Å². The highest BCUT2D eigenvalue weighted by Crippen LogP contribution is 2.34. The number of ketones is 1. The van der Waals surface area contributed by atoms with Gasteiger partial charge in [-0.05, 0) is 62.6 Å². The van der Waals surface area contributed by atoms with Crippen LogP contribution in [0.15, 0.2) is 59.1 Å². The molecule has 0 radical (unpaired) electrons. The standard InChI is InChI=1S/C31H37N5O4S/c1-22-5-7-27(8-6-22)41(38,39)36-29-19-28(35-11-9-26(10-12-35)34-13-15-40-16-14-34)23(2)17-24(29)18-30(36)31(37)25(20-32)21-33(3)4/h5-8,17-19,21,26H,9-16H2,1-4H3/b25-21+. The second-order valence-corrected chi connectivity index (χ2v) is 12.9. The molecule has 216 valence electrons. The van der Waals surface area contributed by atoms with Crippen molar-refractivity contribution in [3.05, 3.63) is 71.1 Å². The predicted molar refractivity (Wildman–Crippen MR) is 160 cm³/mol. The number of carbonyl (C=O) groups is 1. The molecule has 2 aromatic carbocycles. The van der Waals surface area contributed by atoms with Crippen molar-refractivity contribution in [1.29, 1.82) is 5.26 Å². The smallest absolute Gasteiger partial charge is 0.268 e. The van der Waals surface area contributed by atoms with E-state index in [1.807, 2.05) is 32.0 Å². The molecule has 2 aliphatic heterocycles. The zero-order valence-electron chi connectivity index (χ0n) is 24.1. The van der Waals surface area contributed by atoms with Crippen LogP contribution in [0.25, 0.3) is 10.9 Å². The van der Waals surface area contributed by atoms with E-state index >= 15 is 0 Å². The Morgan fingerprint density at radius 3 is 2.29 bits per heavy atom. The minimum atomic E-state index is -4.16. The molecular formula is C31H37N5O4S. The number of aryl methyl sites for hydroxylation is 2. The van der Waals surface area contributed by atoms with Crippen molar-refractivity contribution in [3.8, 4) is 6.07 Å². The maximum atomic E-state index is 14.1. The molecule has 2 aliphatic rings. The van der Waals surface area contributed by atoms with Gasteiger partial charge in [0.05, 0.1) is 23.6 Å². The SMILES string of the molecule is Cc1ccc(S(=O)(=O)n2c(C(=O)/C(C#N)=C/N(C)C)cc3cc(C)c(N4CCC(N5CCOCC5)CC4)cc32)cc1. The first-order valence-electron chi connectivity index (χ1n) is 14.0. The maximum absolute atomic E-state index is 14.1. The van der Waals surface area contributed by atoms with Crippen LogP contribution in [0.4, 0.5) is 5.69 Å². The minimum absolute atomic E-state index is 0.0576. The number of nitriles is 1. The van der Waals surface area contributed by atoms with Crippen molar-refractivity contribution in [2.45, 2.75) is 37.6 Å². The van der Waals surface area contributed by atoms with Gasteiger partial charge in [-0.3, -0.25) is 9.69 Å². The lowest BCUT2D eigenvalue weighted by molar-refractivity contribution is 0.0115. The van der Waals surface area contributed by atoms with Crippen molar-refractivity contribution < 1.29 is 17.9 Å². The Balaban J connectivity index is 1.60. The van der Waals surface area contributed by atoms with Gasteiger partial charge in [0.25, 0.3) is 10.0 Å². The van der Waals surface area contributed by atoms with Gasteiger partial charge in [-0.2, -0.15) is 5.26 Å². The highest BCUT2D eigenvalue weighted by molar-refractivity contribution is 7.90. The molecule has 0 spiro atoms. The van der Waals surface area contributed by atoms with Crippen LogP contribution in [0, 0.1) is 25.2 Å². The molecule has 3 heterocycles. The number of nitrogens with zero attached hydrogens (tertiary/aromatic N) is 5. The Morgan fingerprint density at radius 1 is 1.02 bits per heavy atom. The van der Waals surface area contributed by atoms with Crippen molar-refractivity contribution in [2.24, 2.45) is 0 Å². The van der Waals surface area contributed by atoms with E-state index in [4.69, 9.17) is 4.74 Å². The fraction of sp³-hybridized carbons (Fsp3) is 0.419. The van der Waals surface area contributed by atoms with Gasteiger partial charge in [0.15, 0.2) is 0 Å². The van der Waals surface area contributed by atoms with E-state index in [2.05, 4.69) is 9.80 Å². The van der Waals surface area contributed by atoms with E-state index in [0.29, 0.717) is 16.9 Å². The Labute approximate surface area is 242 Å². The normalized spacial score (nSPS) is 17.5. The third-order valence-electron chi connectivity index (χ3n) is 7.99. The number of aromatic nitrogens is 1. The van der Waals surface area contributed by atoms with E-state index in [-0.39, 0.29) is 16.2 Å². The van der Waals surface area contributed by atoms with Crippen LogP contribution in [0.5, 0.6) is 0 Å². The molecule has 0 amide bonds. The van der Waals surface area contributed by atoms with Crippen LogP contribution in [-0.2, 0) is 14.8 Å². The second-order valence-electron chi connectivity index (χ2n) is 11.1. The summed E-state index contributed by atoms with van der Waals surface area (Å²) in [4.78, 5) is 20.2. The monoisotopic (exact) mass is 575 g/mol. The summed E-state index contributed by atoms with van der Waals surface area (Å²) in [5.41, 5.74) is 3.12. The molecule has 9 nitrogen and oxygen atoms in total. The van der Waals surface area contributed by atoms with Crippen molar-refractivity contribution >= 4 is 32.4 Å². The van der Waals surface area contributed by atoms with Crippen molar-refractivity contribution in [1.82, 2.24) is 13.8 Å². The number of piperidine rings is 1. The number of anilines is 1. The number of rotatable bonds is 7. The van der Waals surface area contributed by atoms with Gasteiger partial charge in [-0.1, -0.05) is 17.7 Å². The largest absolute Gasteiger partial charge is 0.382 e. The first kappa shape index (κ1) is 28.9. The first-order chi connectivity index (χ1) is 19.6. The zero-order chi connectivity index (χ0) is 29.3. The molecular weight excluding hydrogens is 538 g/mol. The number of benzene rings is 2. The summed E-state index contributed by atoms with van der Waals surface area (Å²) < 4.78 is 34.9. The van der Waals surface area contributed by atoms with Gasteiger partial charge in [-0.25, -0.2) is 12.4 Å². The van der Waals surface area contributed by atoms with E-state index in [0.717, 1.165) is 73.0 Å². The lowest BCUT2D eigenvalue weighted by Crippen LogP contribution is -2.49. The number of carbonyl (C=O) groups excluding carboxylic acids is 1. The Kier molecular flexibility index (Phi) is 8.23. The molecule has 1 aromatic heterocycles. The number of morpholine rings is 1. The van der Waals surface area contributed by atoms with Crippen LogP contribution in [-0.4, -0.2) is 87.5 Å². The Hall–Kier alpha value is -3.65. The predicted octanol–water partition coefficient (Wildman–Crippen LogP) is 3.95. The van der Waals surface area contributed by atoms with Gasteiger partial charge in [-0.15, -0.1) is 0 Å². The molecule has 0 aliphatic carbocycles. The summed E-state index contributed by atoms with van der Waals surface area (Å²) in [6.07, 6.45) is 3.45. The molecule has 3 aromatic rings. The van der Waals surface area contributed by atoms with E-state index in [9.17, 15) is 18.5 Å². The van der Waals surface area contributed by atoms with Gasteiger partial charge in [0.2, 0.25) is 5.78 Å². The molecule has 0 saturated carbocycles. The van der Waals surface area contributed by atoms with Crippen LogP contribution in [0.1, 0.15) is 34.5 Å². The van der Waals surface area contributed by atoms with Gasteiger partial charge in [0.1, 0.15) is 17.3 Å². The molecule has 0 N–H and O–H groups in total. The Morgan fingerprint density at radius 2 is 1.68 bits per heavy atom. The fourth-order valence-corrected chi connectivity index (χ4v) is 7.36. The van der Waals surface area contributed by atoms with E-state index in [1.165, 1.54) is 6.20 Å². The summed E-state index contributed by atoms with van der Waals surface area (Å²) in [7, 11) is -0.741. The fourth-order valence-electron chi connectivity index (χ4n) is 5.86. The highest BCUT2D eigenvalue weighted by Gasteiger charge is 2.30. The third kappa shape index (κ3) is 5.75. The lowest BCUT2D eigenvalue weighted by Gasteiger charge is -2.41. The number of Topliss-reactive ketones (excluding diaryl/α,β-unsaturated/α-hetero) is 1. The summed E-state index contributed by atoms with van der Waals surface area (Å²) in [6, 6.07) is 14.5. The van der Waals surface area contributed by atoms with Crippen LogP contribution >= 0.6 is 0 Å². The molecule has 0 bridgehead atoms. The lowest BCUT2D eigenvalue weighted by atomic mass is 10.0. The molecule has 10 heteroatoms. The van der Waals surface area contributed by atoms with Crippen LogP contribution in [0.2, 0.25) is 0 Å². The summed E-state index contributed by atoms with van der Waals surface area (Å²) >= 11 is 0. The van der Waals surface area contributed by atoms with E-state index < -0.39 is 15.8 Å². The molecule has 0 atom stereocenters. The van der Waals surface area contributed by atoms with Gasteiger partial charge < -0.3 is 14.5 Å². The third-order valence-corrected chi connectivity index (χ3v) is 9.73. The van der Waals surface area contributed by atoms with Gasteiger partial charge in [0, 0.05) is 63.6 Å².